The van der Waals surface area contributed by atoms with Crippen LogP contribution in [-0.4, -0.2) is 25.9 Å². The second-order valence-electron chi connectivity index (χ2n) is 5.41. The van der Waals surface area contributed by atoms with Gasteiger partial charge in [-0.1, -0.05) is 12.7 Å². The first-order chi connectivity index (χ1) is 12.1. The first-order valence-corrected chi connectivity index (χ1v) is 7.73. The Balaban J connectivity index is 2.44. The van der Waals surface area contributed by atoms with Gasteiger partial charge in [0.1, 0.15) is 11.6 Å². The lowest BCUT2D eigenvalue weighted by atomic mass is 10.0. The maximum atomic E-state index is 6.43. The molecule has 3 heterocycles. The number of nitrogens with zero attached hydrogens (tertiary/aromatic N) is 4. The molecule has 0 bridgehead atoms. The van der Waals surface area contributed by atoms with Crippen LogP contribution in [0.15, 0.2) is 43.3 Å². The van der Waals surface area contributed by atoms with Crippen LogP contribution in [0.2, 0.25) is 0 Å². The van der Waals surface area contributed by atoms with E-state index in [1.54, 1.807) is 30.6 Å². The lowest BCUT2D eigenvalue weighted by Crippen LogP contribution is -2.10. The Morgan fingerprint density at radius 3 is 2.64 bits per heavy atom. The first kappa shape index (κ1) is 16.5. The number of aromatic nitrogens is 4. The van der Waals surface area contributed by atoms with E-state index in [9.17, 15) is 0 Å². The van der Waals surface area contributed by atoms with Gasteiger partial charge in [0.15, 0.2) is 0 Å². The van der Waals surface area contributed by atoms with E-state index in [1.165, 1.54) is 0 Å². The van der Waals surface area contributed by atoms with Crippen LogP contribution in [0.1, 0.15) is 11.4 Å². The van der Waals surface area contributed by atoms with Gasteiger partial charge in [0.2, 0.25) is 5.95 Å². The fraction of sp³-hybridized carbons (Fsp3) is 0.118. The third-order valence-electron chi connectivity index (χ3n) is 3.84. The summed E-state index contributed by atoms with van der Waals surface area (Å²) in [5.74, 6) is 1.39. The van der Waals surface area contributed by atoms with Crippen molar-refractivity contribution in [3.05, 3.63) is 54.6 Å². The van der Waals surface area contributed by atoms with Gasteiger partial charge in [-0.2, -0.15) is 0 Å². The van der Waals surface area contributed by atoms with Gasteiger partial charge in [-0.15, -0.1) is 0 Å². The Bertz CT molecular complexity index is 970. The first-order valence-electron chi connectivity index (χ1n) is 7.73. The van der Waals surface area contributed by atoms with Crippen molar-refractivity contribution >= 4 is 23.0 Å². The number of fused-ring (bicyclic) bond motifs is 1. The molecule has 0 aliphatic carbocycles. The van der Waals surface area contributed by atoms with Gasteiger partial charge in [0, 0.05) is 35.6 Å². The summed E-state index contributed by atoms with van der Waals surface area (Å²) in [6.07, 6.45) is 7.18. The van der Waals surface area contributed by atoms with Crippen LogP contribution >= 0.6 is 0 Å². The average Bonchev–Trinajstić information content (AvgIpc) is 2.89. The van der Waals surface area contributed by atoms with Crippen LogP contribution in [0.5, 0.6) is 0 Å². The third-order valence-corrected chi connectivity index (χ3v) is 3.84. The van der Waals surface area contributed by atoms with Crippen molar-refractivity contribution in [3.63, 3.8) is 0 Å². The molecule has 0 fully saturated rings. The molecule has 0 saturated carbocycles. The number of nitrogens with two attached hydrogens (primary N) is 4. The molecule has 0 spiro atoms. The number of nitrogen functional groups attached to an aromatic ring is 2. The van der Waals surface area contributed by atoms with Gasteiger partial charge in [0.05, 0.1) is 11.2 Å². The molecule has 3 aromatic heterocycles. The standard InChI is InChI=1S/C17H20N8/c1-2-3-10(19)14-15(11-5-8-23-17(21)24-11)12-6-9-22-13(4-7-18)25(12)16(14)20/h2-3,5-6,8-9H,1,4,7,18-20H2,(H2,21,23,24)/b10-3+. The summed E-state index contributed by atoms with van der Waals surface area (Å²) >= 11 is 0. The molecule has 8 nitrogen and oxygen atoms in total. The van der Waals surface area contributed by atoms with Gasteiger partial charge in [-0.3, -0.25) is 4.40 Å². The molecule has 0 saturated heterocycles. The van der Waals surface area contributed by atoms with Crippen LogP contribution in [0.4, 0.5) is 11.8 Å². The highest BCUT2D eigenvalue weighted by molar-refractivity contribution is 5.96. The molecule has 0 unspecified atom stereocenters. The second kappa shape index (κ2) is 6.62. The molecule has 0 radical (unpaired) electrons. The highest BCUT2D eigenvalue weighted by Crippen LogP contribution is 2.37. The third kappa shape index (κ3) is 2.79. The number of hydrogen-bond donors (Lipinski definition) is 4. The van der Waals surface area contributed by atoms with Crippen molar-refractivity contribution in [2.75, 3.05) is 18.0 Å². The molecule has 0 aliphatic heterocycles. The van der Waals surface area contributed by atoms with Crippen molar-refractivity contribution in [1.29, 1.82) is 0 Å². The average molecular weight is 336 g/mol. The van der Waals surface area contributed by atoms with E-state index in [4.69, 9.17) is 22.9 Å². The van der Waals surface area contributed by atoms with E-state index in [1.807, 2.05) is 10.5 Å². The molecule has 0 atom stereocenters. The number of hydrogen-bond acceptors (Lipinski definition) is 7. The van der Waals surface area contributed by atoms with Crippen LogP contribution in [0, 0.1) is 0 Å². The predicted molar refractivity (Wildman–Crippen MR) is 100 cm³/mol. The minimum absolute atomic E-state index is 0.170. The van der Waals surface area contributed by atoms with Crippen LogP contribution in [0.3, 0.4) is 0 Å². The summed E-state index contributed by atoms with van der Waals surface area (Å²) in [5.41, 5.74) is 27.5. The Morgan fingerprint density at radius 2 is 1.96 bits per heavy atom. The number of anilines is 2. The Kier molecular flexibility index (Phi) is 4.36. The van der Waals surface area contributed by atoms with E-state index in [2.05, 4.69) is 21.5 Å². The Hall–Kier alpha value is -3.39. The summed E-state index contributed by atoms with van der Waals surface area (Å²) in [6, 6.07) is 3.62. The van der Waals surface area contributed by atoms with E-state index in [-0.39, 0.29) is 5.95 Å². The van der Waals surface area contributed by atoms with Gasteiger partial charge >= 0.3 is 0 Å². The normalized spacial score (nSPS) is 11.8. The molecular formula is C17H20N8. The van der Waals surface area contributed by atoms with Crippen LogP contribution in [0.25, 0.3) is 22.5 Å². The Morgan fingerprint density at radius 1 is 1.20 bits per heavy atom. The lowest BCUT2D eigenvalue weighted by molar-refractivity contribution is 0.845. The summed E-state index contributed by atoms with van der Waals surface area (Å²) < 4.78 is 1.85. The molecule has 128 valence electrons. The molecule has 0 amide bonds. The van der Waals surface area contributed by atoms with Crippen molar-refractivity contribution in [2.24, 2.45) is 11.5 Å². The summed E-state index contributed by atoms with van der Waals surface area (Å²) in [5, 5.41) is 0. The molecule has 8 heteroatoms. The molecular weight excluding hydrogens is 316 g/mol. The highest BCUT2D eigenvalue weighted by Gasteiger charge is 2.22. The molecule has 3 rings (SSSR count). The SMILES string of the molecule is C=C/C=C(/N)c1c(-c2ccnc(N)n2)c2ccnc(CCN)n2c1N. The lowest BCUT2D eigenvalue weighted by Gasteiger charge is -2.06. The molecule has 3 aromatic rings. The van der Waals surface area contributed by atoms with Crippen molar-refractivity contribution < 1.29 is 0 Å². The van der Waals surface area contributed by atoms with E-state index < -0.39 is 0 Å². The summed E-state index contributed by atoms with van der Waals surface area (Å²) in [4.78, 5) is 12.7. The predicted octanol–water partition coefficient (Wildman–Crippen LogP) is 0.943. The molecule has 8 N–H and O–H groups in total. The van der Waals surface area contributed by atoms with E-state index in [0.717, 1.165) is 16.9 Å². The van der Waals surface area contributed by atoms with Crippen molar-refractivity contribution in [2.45, 2.75) is 6.42 Å². The maximum Gasteiger partial charge on any atom is 0.220 e. The largest absolute Gasteiger partial charge is 0.398 e. The van der Waals surface area contributed by atoms with Crippen LogP contribution in [-0.2, 0) is 6.42 Å². The zero-order valence-electron chi connectivity index (χ0n) is 13.7. The van der Waals surface area contributed by atoms with Gasteiger partial charge < -0.3 is 22.9 Å². The topological polar surface area (TPSA) is 147 Å². The monoisotopic (exact) mass is 336 g/mol. The second-order valence-corrected chi connectivity index (χ2v) is 5.41. The van der Waals surface area contributed by atoms with E-state index in [0.29, 0.717) is 35.7 Å². The molecule has 0 aliphatic rings. The van der Waals surface area contributed by atoms with Gasteiger partial charge in [-0.25, -0.2) is 15.0 Å². The zero-order chi connectivity index (χ0) is 18.0. The number of rotatable bonds is 5. The summed E-state index contributed by atoms with van der Waals surface area (Å²) in [6.45, 7) is 4.15. The van der Waals surface area contributed by atoms with Gasteiger partial charge in [0.25, 0.3) is 0 Å². The van der Waals surface area contributed by atoms with Crippen LogP contribution < -0.4 is 22.9 Å². The quantitative estimate of drug-likeness (QED) is 0.507. The van der Waals surface area contributed by atoms with Crippen molar-refractivity contribution in [1.82, 2.24) is 19.4 Å². The minimum atomic E-state index is 0.170. The fourth-order valence-electron chi connectivity index (χ4n) is 2.88. The van der Waals surface area contributed by atoms with Crippen molar-refractivity contribution in [3.8, 4) is 11.3 Å². The minimum Gasteiger partial charge on any atom is -0.398 e. The Labute approximate surface area is 144 Å². The molecule has 25 heavy (non-hydrogen) atoms. The fourth-order valence-corrected chi connectivity index (χ4v) is 2.88. The maximum absolute atomic E-state index is 6.43. The highest BCUT2D eigenvalue weighted by atomic mass is 15.1. The summed E-state index contributed by atoms with van der Waals surface area (Å²) in [7, 11) is 0. The van der Waals surface area contributed by atoms with E-state index >= 15 is 0 Å². The zero-order valence-corrected chi connectivity index (χ0v) is 13.7. The molecule has 0 aromatic carbocycles. The number of allylic oxidation sites excluding steroid dienone is 2. The van der Waals surface area contributed by atoms with Gasteiger partial charge in [-0.05, 0) is 24.8 Å². The smallest absolute Gasteiger partial charge is 0.220 e.